The number of hydrogen-bond donors (Lipinski definition) is 2. The lowest BCUT2D eigenvalue weighted by Gasteiger charge is -2.10. The summed E-state index contributed by atoms with van der Waals surface area (Å²) < 4.78 is 6.35. The highest BCUT2D eigenvalue weighted by Crippen LogP contribution is 2.35. The van der Waals surface area contributed by atoms with Gasteiger partial charge >= 0.3 is 0 Å². The number of pyridine rings is 1. The van der Waals surface area contributed by atoms with E-state index >= 15 is 0 Å². The predicted molar refractivity (Wildman–Crippen MR) is 81.0 cm³/mol. The van der Waals surface area contributed by atoms with Crippen molar-refractivity contribution in [3.05, 3.63) is 50.5 Å². The van der Waals surface area contributed by atoms with Gasteiger partial charge in [-0.2, -0.15) is 0 Å². The summed E-state index contributed by atoms with van der Waals surface area (Å²) in [6.45, 7) is 0. The summed E-state index contributed by atoms with van der Waals surface area (Å²) in [4.78, 5) is 4.00. The quantitative estimate of drug-likeness (QED) is 0.366. The van der Waals surface area contributed by atoms with E-state index in [1.54, 1.807) is 18.2 Å². The predicted octanol–water partition coefficient (Wildman–Crippen LogP) is 4.04. The highest BCUT2D eigenvalue weighted by atomic mass is 79.9. The SMILES string of the molecule is N/C(=N/O)c1ccnc(Oc2cc(Br)ccc2Cl)c1Cl. The second kappa shape index (κ2) is 6.30. The van der Waals surface area contributed by atoms with Crippen molar-refractivity contribution >= 4 is 45.0 Å². The van der Waals surface area contributed by atoms with Gasteiger partial charge in [0.1, 0.15) is 10.8 Å². The molecular weight excluding hydrogens is 369 g/mol. The fourth-order valence-electron chi connectivity index (χ4n) is 1.41. The molecule has 1 aromatic carbocycles. The zero-order valence-electron chi connectivity index (χ0n) is 9.85. The number of oxime groups is 1. The highest BCUT2D eigenvalue weighted by molar-refractivity contribution is 9.10. The summed E-state index contributed by atoms with van der Waals surface area (Å²) in [5.41, 5.74) is 5.82. The molecule has 0 saturated carbocycles. The van der Waals surface area contributed by atoms with Gasteiger partial charge in [0.05, 0.1) is 5.02 Å². The third-order valence-corrected chi connectivity index (χ3v) is 3.51. The van der Waals surface area contributed by atoms with Gasteiger partial charge in [-0.05, 0) is 24.3 Å². The number of hydrogen-bond acceptors (Lipinski definition) is 4. The Morgan fingerprint density at radius 3 is 2.80 bits per heavy atom. The summed E-state index contributed by atoms with van der Waals surface area (Å²) in [6.07, 6.45) is 1.43. The van der Waals surface area contributed by atoms with Crippen LogP contribution in [0.4, 0.5) is 0 Å². The Morgan fingerprint density at radius 2 is 2.10 bits per heavy atom. The van der Waals surface area contributed by atoms with Crippen LogP contribution in [0.15, 0.2) is 40.1 Å². The second-order valence-corrected chi connectivity index (χ2v) is 5.34. The lowest BCUT2D eigenvalue weighted by Crippen LogP contribution is -2.14. The standard InChI is InChI=1S/C12H8BrCl2N3O2/c13-6-1-2-8(14)9(5-6)20-12-10(15)7(3-4-17-12)11(16)18-19/h1-5,19H,(H2,16,18). The molecule has 0 saturated heterocycles. The minimum atomic E-state index is -0.136. The van der Waals surface area contributed by atoms with E-state index in [0.717, 1.165) is 4.47 Å². The number of rotatable bonds is 3. The molecule has 0 spiro atoms. The molecule has 1 heterocycles. The zero-order chi connectivity index (χ0) is 14.7. The molecule has 0 radical (unpaired) electrons. The largest absolute Gasteiger partial charge is 0.436 e. The van der Waals surface area contributed by atoms with E-state index < -0.39 is 0 Å². The van der Waals surface area contributed by atoms with E-state index in [4.69, 9.17) is 38.9 Å². The first-order chi connectivity index (χ1) is 9.52. The summed E-state index contributed by atoms with van der Waals surface area (Å²) in [5, 5.41) is 12.1. The van der Waals surface area contributed by atoms with E-state index in [0.29, 0.717) is 16.3 Å². The number of nitrogens with zero attached hydrogens (tertiary/aromatic N) is 2. The number of aromatic nitrogens is 1. The van der Waals surface area contributed by atoms with Crippen molar-refractivity contribution in [2.45, 2.75) is 0 Å². The average Bonchev–Trinajstić information content (AvgIpc) is 2.44. The highest BCUT2D eigenvalue weighted by Gasteiger charge is 2.14. The molecule has 20 heavy (non-hydrogen) atoms. The van der Waals surface area contributed by atoms with E-state index in [9.17, 15) is 0 Å². The molecule has 0 aliphatic carbocycles. The van der Waals surface area contributed by atoms with Gasteiger partial charge in [-0.1, -0.05) is 44.3 Å². The van der Waals surface area contributed by atoms with Crippen LogP contribution in [0, 0.1) is 0 Å². The normalized spacial score (nSPS) is 11.4. The van der Waals surface area contributed by atoms with Crippen molar-refractivity contribution in [3.8, 4) is 11.6 Å². The van der Waals surface area contributed by atoms with Gasteiger partial charge in [0.2, 0.25) is 5.88 Å². The summed E-state index contributed by atoms with van der Waals surface area (Å²) in [6, 6.07) is 6.63. The van der Waals surface area contributed by atoms with Crippen molar-refractivity contribution in [2.75, 3.05) is 0 Å². The second-order valence-electron chi connectivity index (χ2n) is 3.64. The maximum atomic E-state index is 8.69. The summed E-state index contributed by atoms with van der Waals surface area (Å²) in [7, 11) is 0. The van der Waals surface area contributed by atoms with Gasteiger partial charge in [-0.3, -0.25) is 0 Å². The van der Waals surface area contributed by atoms with Crippen LogP contribution in [-0.2, 0) is 0 Å². The molecule has 1 aromatic heterocycles. The van der Waals surface area contributed by atoms with Gasteiger partial charge in [0, 0.05) is 16.2 Å². The molecule has 0 fully saturated rings. The number of halogens is 3. The molecule has 0 unspecified atom stereocenters. The Kier molecular flexibility index (Phi) is 4.69. The monoisotopic (exact) mass is 375 g/mol. The number of benzene rings is 1. The van der Waals surface area contributed by atoms with E-state index in [2.05, 4.69) is 26.1 Å². The Hall–Kier alpha value is -1.50. The maximum Gasteiger partial charge on any atom is 0.238 e. The topological polar surface area (TPSA) is 80.7 Å². The van der Waals surface area contributed by atoms with Crippen LogP contribution in [0.3, 0.4) is 0 Å². The van der Waals surface area contributed by atoms with Crippen molar-refractivity contribution in [1.82, 2.24) is 4.98 Å². The zero-order valence-corrected chi connectivity index (χ0v) is 12.9. The Morgan fingerprint density at radius 1 is 1.35 bits per heavy atom. The lowest BCUT2D eigenvalue weighted by molar-refractivity contribution is 0.318. The first-order valence-electron chi connectivity index (χ1n) is 5.28. The van der Waals surface area contributed by atoms with Crippen molar-refractivity contribution < 1.29 is 9.94 Å². The number of ether oxygens (including phenoxy) is 1. The smallest absolute Gasteiger partial charge is 0.238 e. The molecule has 5 nitrogen and oxygen atoms in total. The minimum absolute atomic E-state index is 0.107. The third-order valence-electron chi connectivity index (χ3n) is 2.34. The Labute approximate surface area is 133 Å². The van der Waals surface area contributed by atoms with Gasteiger partial charge in [-0.25, -0.2) is 4.98 Å². The average molecular weight is 377 g/mol. The molecule has 0 atom stereocenters. The van der Waals surface area contributed by atoms with Crippen LogP contribution in [0.1, 0.15) is 5.56 Å². The molecular formula is C12H8BrCl2N3O2. The van der Waals surface area contributed by atoms with Crippen LogP contribution in [0.25, 0.3) is 0 Å². The summed E-state index contributed by atoms with van der Waals surface area (Å²) in [5.74, 6) is 0.352. The number of amidine groups is 1. The molecule has 8 heteroatoms. The van der Waals surface area contributed by atoms with Gasteiger partial charge < -0.3 is 15.7 Å². The Balaban J connectivity index is 2.42. The van der Waals surface area contributed by atoms with Crippen molar-refractivity contribution in [1.29, 1.82) is 0 Å². The van der Waals surface area contributed by atoms with E-state index in [1.165, 1.54) is 12.3 Å². The first kappa shape index (κ1) is 14.9. The number of nitrogens with two attached hydrogens (primary N) is 1. The Bertz CT molecular complexity index is 680. The molecule has 3 N–H and O–H groups in total. The van der Waals surface area contributed by atoms with Crippen LogP contribution < -0.4 is 10.5 Å². The van der Waals surface area contributed by atoms with Crippen LogP contribution in [0.2, 0.25) is 10.0 Å². The van der Waals surface area contributed by atoms with E-state index in [1.807, 2.05) is 0 Å². The van der Waals surface area contributed by atoms with Gasteiger partial charge in [0.25, 0.3) is 0 Å². The first-order valence-corrected chi connectivity index (χ1v) is 6.83. The molecule has 0 aliphatic rings. The van der Waals surface area contributed by atoms with Gasteiger partial charge in [-0.15, -0.1) is 0 Å². The van der Waals surface area contributed by atoms with Crippen molar-refractivity contribution in [3.63, 3.8) is 0 Å². The molecule has 2 rings (SSSR count). The molecule has 0 aliphatic heterocycles. The van der Waals surface area contributed by atoms with Gasteiger partial charge in [0.15, 0.2) is 5.84 Å². The molecule has 0 amide bonds. The molecule has 2 aromatic rings. The molecule has 104 valence electrons. The van der Waals surface area contributed by atoms with Crippen LogP contribution in [0.5, 0.6) is 11.6 Å². The lowest BCUT2D eigenvalue weighted by atomic mass is 10.2. The fourth-order valence-corrected chi connectivity index (χ4v) is 2.15. The van der Waals surface area contributed by atoms with E-state index in [-0.39, 0.29) is 16.7 Å². The van der Waals surface area contributed by atoms with Crippen molar-refractivity contribution in [2.24, 2.45) is 10.9 Å². The fraction of sp³-hybridized carbons (Fsp3) is 0. The van der Waals surface area contributed by atoms with Crippen LogP contribution in [-0.4, -0.2) is 16.0 Å². The third kappa shape index (κ3) is 3.15. The summed E-state index contributed by atoms with van der Waals surface area (Å²) >= 11 is 15.4. The van der Waals surface area contributed by atoms with Crippen LogP contribution >= 0.6 is 39.1 Å². The maximum absolute atomic E-state index is 8.69. The minimum Gasteiger partial charge on any atom is -0.436 e. The molecule has 0 bridgehead atoms.